The molecule has 0 fully saturated rings. The highest BCUT2D eigenvalue weighted by Gasteiger charge is 1.67. The van der Waals surface area contributed by atoms with Crippen LogP contribution < -0.4 is 0 Å². The third-order valence-corrected chi connectivity index (χ3v) is 0.447. The summed E-state index contributed by atoms with van der Waals surface area (Å²) < 4.78 is 8.03. The normalized spacial score (nSPS) is 14.8. The Hall–Kier alpha value is 0.140. The Morgan fingerprint density at radius 3 is 2.00 bits per heavy atom. The van der Waals surface area contributed by atoms with Gasteiger partial charge in [-0.1, -0.05) is 0 Å². The van der Waals surface area contributed by atoms with E-state index >= 15 is 0 Å². The van der Waals surface area contributed by atoms with Crippen LogP contribution in [0.3, 0.4) is 0 Å². The summed E-state index contributed by atoms with van der Waals surface area (Å²) in [6.45, 7) is 0. The van der Waals surface area contributed by atoms with Crippen molar-refractivity contribution in [1.82, 2.24) is 0 Å². The lowest BCUT2D eigenvalue weighted by atomic mass is 11.7. The van der Waals surface area contributed by atoms with Crippen molar-refractivity contribution in [3.8, 4) is 0 Å². The van der Waals surface area contributed by atoms with Gasteiger partial charge in [-0.2, -0.15) is 0 Å². The molecular weight excluding hydrogens is 88.1 g/mol. The van der Waals surface area contributed by atoms with Crippen molar-refractivity contribution in [1.29, 1.82) is 0 Å². The lowest BCUT2D eigenvalue weighted by Crippen LogP contribution is -1.69. The Morgan fingerprint density at radius 1 is 1.80 bits per heavy atom. The molecule has 0 aliphatic carbocycles. The number of aliphatic hydroxyl groups excluding tert-OH is 1. The van der Waals surface area contributed by atoms with Gasteiger partial charge in [0.1, 0.15) is 5.94 Å². The third kappa shape index (κ3) is 4.14. The lowest BCUT2D eigenvalue weighted by molar-refractivity contribution is 0.366. The molecule has 0 amide bonds. The summed E-state index contributed by atoms with van der Waals surface area (Å²) in [6, 6.07) is 0. The first-order valence-electron chi connectivity index (χ1n) is 1.08. The predicted octanol–water partition coefficient (Wildman–Crippen LogP) is 0.110. The van der Waals surface area contributed by atoms with Crippen molar-refractivity contribution >= 4 is 16.6 Å². The number of hydrogen-bond acceptors (Lipinski definition) is 2. The molecule has 0 saturated carbocycles. The summed E-state index contributed by atoms with van der Waals surface area (Å²) in [6.07, 6.45) is 0. The van der Waals surface area contributed by atoms with Crippen LogP contribution in [0.1, 0.15) is 0 Å². The zero-order chi connectivity index (χ0) is 4.28. The summed E-state index contributed by atoms with van der Waals surface area (Å²) in [5, 5.41) is 7.84. The predicted molar refractivity (Wildman–Crippen MR) is 24.4 cm³/mol. The molecule has 0 aliphatic heterocycles. The fourth-order valence-electron chi connectivity index (χ4n) is 0. The average molecular weight is 94.1 g/mol. The van der Waals surface area contributed by atoms with Gasteiger partial charge < -0.3 is 9.66 Å². The Balaban J connectivity index is 2.85. The summed E-state index contributed by atoms with van der Waals surface area (Å²) in [5.41, 5.74) is 0. The van der Waals surface area contributed by atoms with Gasteiger partial charge in [0.15, 0.2) is 0 Å². The monoisotopic (exact) mass is 94.0 g/mol. The molecule has 0 heterocycles. The van der Waals surface area contributed by atoms with Crippen molar-refractivity contribution in [2.75, 3.05) is 5.94 Å². The maximum Gasteiger partial charge on any atom is 0.106 e. The lowest BCUT2D eigenvalue weighted by Gasteiger charge is -1.82. The van der Waals surface area contributed by atoms with E-state index < -0.39 is 10.8 Å². The van der Waals surface area contributed by atoms with Gasteiger partial charge in [-0.3, -0.25) is 0 Å². The summed E-state index contributed by atoms with van der Waals surface area (Å²) >= 11 is 0. The fraction of sp³-hybridized carbons (Fsp3) is 0.500. The molecule has 0 saturated heterocycles. The standard InChI is InChI=1S/C2H6O2S/c1-5(4)2-3/h3-4H,1-2H2. The third-order valence-electron chi connectivity index (χ3n) is 0.149. The summed E-state index contributed by atoms with van der Waals surface area (Å²) in [5.74, 6) is 2.87. The van der Waals surface area contributed by atoms with Crippen molar-refractivity contribution in [3.05, 3.63) is 0 Å². The first-order valence-corrected chi connectivity index (χ1v) is 2.60. The van der Waals surface area contributed by atoms with Gasteiger partial charge in [-0.15, -0.1) is 0 Å². The van der Waals surface area contributed by atoms with Gasteiger partial charge in [0, 0.05) is 0 Å². The van der Waals surface area contributed by atoms with E-state index in [0.717, 1.165) is 0 Å². The molecule has 1 atom stereocenters. The molecule has 0 aromatic heterocycles. The Kier molecular flexibility index (Phi) is 2.45. The summed E-state index contributed by atoms with van der Waals surface area (Å²) in [7, 11) is -1.02. The van der Waals surface area contributed by atoms with Gasteiger partial charge in [0.25, 0.3) is 0 Å². The molecule has 0 aromatic carbocycles. The molecule has 2 N–H and O–H groups in total. The molecule has 0 aliphatic rings. The van der Waals surface area contributed by atoms with Crippen molar-refractivity contribution in [3.63, 3.8) is 0 Å². The highest BCUT2D eigenvalue weighted by molar-refractivity contribution is 8.08. The van der Waals surface area contributed by atoms with E-state index in [1.54, 1.807) is 0 Å². The molecule has 3 heteroatoms. The number of rotatable bonds is 1. The Bertz CT molecular complexity index is 42.9. The summed E-state index contributed by atoms with van der Waals surface area (Å²) in [4.78, 5) is 0. The van der Waals surface area contributed by atoms with E-state index in [4.69, 9.17) is 9.66 Å². The zero-order valence-electron chi connectivity index (χ0n) is 2.72. The first kappa shape index (κ1) is 5.14. The second-order valence-electron chi connectivity index (χ2n) is 0.591. The molecule has 5 heavy (non-hydrogen) atoms. The minimum atomic E-state index is -1.02. The highest BCUT2D eigenvalue weighted by Crippen LogP contribution is 1.93. The minimum absolute atomic E-state index is 0.222. The van der Waals surface area contributed by atoms with Gasteiger partial charge >= 0.3 is 0 Å². The van der Waals surface area contributed by atoms with Crippen molar-refractivity contribution in [2.24, 2.45) is 0 Å². The van der Waals surface area contributed by atoms with Crippen LogP contribution in [0, 0.1) is 0 Å². The Morgan fingerprint density at radius 2 is 2.00 bits per heavy atom. The topological polar surface area (TPSA) is 40.5 Å². The van der Waals surface area contributed by atoms with Gasteiger partial charge in [-0.25, -0.2) is 0 Å². The molecule has 0 bridgehead atoms. The van der Waals surface area contributed by atoms with E-state index in [2.05, 4.69) is 5.87 Å². The van der Waals surface area contributed by atoms with Gasteiger partial charge in [0.2, 0.25) is 0 Å². The van der Waals surface area contributed by atoms with Crippen LogP contribution in [0.5, 0.6) is 0 Å². The molecule has 0 rings (SSSR count). The molecule has 1 unspecified atom stereocenters. The van der Waals surface area contributed by atoms with Gasteiger partial charge in [0.05, 0.1) is 0 Å². The largest absolute Gasteiger partial charge is 0.384 e. The van der Waals surface area contributed by atoms with Crippen LogP contribution in [0.2, 0.25) is 0 Å². The van der Waals surface area contributed by atoms with E-state index in [-0.39, 0.29) is 5.94 Å². The smallest absolute Gasteiger partial charge is 0.106 e. The van der Waals surface area contributed by atoms with Crippen molar-refractivity contribution in [2.45, 2.75) is 0 Å². The molecule has 32 valence electrons. The second-order valence-corrected chi connectivity index (χ2v) is 1.77. The van der Waals surface area contributed by atoms with Crippen molar-refractivity contribution < 1.29 is 9.66 Å². The van der Waals surface area contributed by atoms with Crippen LogP contribution in [-0.4, -0.2) is 21.5 Å². The van der Waals surface area contributed by atoms with Crippen LogP contribution >= 0.6 is 10.8 Å². The van der Waals surface area contributed by atoms with Gasteiger partial charge in [-0.05, 0) is 16.6 Å². The molecule has 2 nitrogen and oxygen atoms in total. The van der Waals surface area contributed by atoms with Crippen LogP contribution in [0.15, 0.2) is 0 Å². The first-order chi connectivity index (χ1) is 2.27. The number of hydrogen-bond donors (Lipinski definition) is 2. The van der Waals surface area contributed by atoms with Crippen LogP contribution in [-0.2, 0) is 0 Å². The highest BCUT2D eigenvalue weighted by atomic mass is 32.2. The average Bonchev–Trinajstić information content (AvgIpc) is 1.38. The van der Waals surface area contributed by atoms with E-state index in [1.165, 1.54) is 0 Å². The maximum absolute atomic E-state index is 8.03. The Labute approximate surface area is 33.2 Å². The molecule has 0 spiro atoms. The quantitative estimate of drug-likeness (QED) is 0.453. The van der Waals surface area contributed by atoms with E-state index in [9.17, 15) is 0 Å². The maximum atomic E-state index is 8.03. The number of aliphatic hydroxyl groups is 1. The molecule has 0 radical (unpaired) electrons. The SMILES string of the molecule is C=S(O)CO. The van der Waals surface area contributed by atoms with Crippen LogP contribution in [0.4, 0.5) is 0 Å². The van der Waals surface area contributed by atoms with Crippen LogP contribution in [0.25, 0.3) is 0 Å². The minimum Gasteiger partial charge on any atom is -0.384 e. The molecular formula is C2H6O2S. The van der Waals surface area contributed by atoms with E-state index in [1.807, 2.05) is 0 Å². The second kappa shape index (κ2) is 2.38. The molecule has 0 aromatic rings. The zero-order valence-corrected chi connectivity index (χ0v) is 3.53. The fourth-order valence-corrected chi connectivity index (χ4v) is 0. The van der Waals surface area contributed by atoms with E-state index in [0.29, 0.717) is 0 Å².